The van der Waals surface area contributed by atoms with Crippen LogP contribution in [0.4, 0.5) is 0 Å². The number of ether oxygens (including phenoxy) is 3. The van der Waals surface area contributed by atoms with Crippen LogP contribution in [0.25, 0.3) is 0 Å². The van der Waals surface area contributed by atoms with Crippen molar-refractivity contribution in [1.29, 1.82) is 5.26 Å². The average molecular weight is 753 g/mol. The second-order valence-corrected chi connectivity index (χ2v) is 13.7. The molecule has 3 aromatic carbocycles. The molecule has 1 atom stereocenters. The van der Waals surface area contributed by atoms with Gasteiger partial charge in [-0.1, -0.05) is 54.6 Å². The molecule has 0 aliphatic heterocycles. The molecule has 0 aromatic heterocycles. The largest absolute Gasteiger partial charge is 0.497 e. The molecule has 0 fully saturated rings. The van der Waals surface area contributed by atoms with Gasteiger partial charge in [0.1, 0.15) is 17.1 Å². The van der Waals surface area contributed by atoms with Crippen LogP contribution in [0.2, 0.25) is 0 Å². The summed E-state index contributed by atoms with van der Waals surface area (Å²) in [7, 11) is 0.993. The minimum atomic E-state index is -2.33. The molecule has 3 rings (SSSR count). The summed E-state index contributed by atoms with van der Waals surface area (Å²) in [6.07, 6.45) is 0.0231. The summed E-state index contributed by atoms with van der Waals surface area (Å²) in [6, 6.07) is 24.5. The van der Waals surface area contributed by atoms with Gasteiger partial charge >= 0.3 is 23.8 Å². The summed E-state index contributed by atoms with van der Waals surface area (Å²) >= 11 is 0. The van der Waals surface area contributed by atoms with E-state index < -0.39 is 56.8 Å². The Bertz CT molecular complexity index is 1630. The third-order valence-corrected chi connectivity index (χ3v) is 9.94. The molecule has 0 aliphatic rings. The summed E-state index contributed by atoms with van der Waals surface area (Å²) in [5.74, 6) is -5.92. The van der Waals surface area contributed by atoms with E-state index in [1.165, 1.54) is 14.2 Å². The van der Waals surface area contributed by atoms with Gasteiger partial charge in [-0.15, -0.1) is 0 Å². The van der Waals surface area contributed by atoms with Gasteiger partial charge in [-0.2, -0.15) is 5.26 Å². The lowest BCUT2D eigenvalue weighted by molar-refractivity contribution is -0.156. The fourth-order valence-electron chi connectivity index (χ4n) is 5.54. The van der Waals surface area contributed by atoms with Crippen LogP contribution in [0.3, 0.4) is 0 Å². The van der Waals surface area contributed by atoms with E-state index in [-0.39, 0.29) is 25.1 Å². The Hall–Kier alpha value is -5.10. The zero-order valence-corrected chi connectivity index (χ0v) is 31.3. The number of amides is 2. The zero-order chi connectivity index (χ0) is 39.2. The molecule has 16 heteroatoms. The third-order valence-electron chi connectivity index (χ3n) is 7.89. The van der Waals surface area contributed by atoms with Crippen LogP contribution in [0.15, 0.2) is 78.9 Å². The highest BCUT2D eigenvalue weighted by molar-refractivity contribution is 7.44. The first-order valence-corrected chi connectivity index (χ1v) is 17.7. The van der Waals surface area contributed by atoms with Crippen molar-refractivity contribution in [3.05, 3.63) is 95.6 Å². The van der Waals surface area contributed by atoms with Gasteiger partial charge in [0.05, 0.1) is 46.5 Å². The highest BCUT2D eigenvalue weighted by Crippen LogP contribution is 2.47. The lowest BCUT2D eigenvalue weighted by Gasteiger charge is -2.42. The van der Waals surface area contributed by atoms with E-state index in [0.29, 0.717) is 28.2 Å². The molecule has 15 nitrogen and oxygen atoms in total. The van der Waals surface area contributed by atoms with Crippen LogP contribution in [-0.4, -0.2) is 90.4 Å². The lowest BCUT2D eigenvalue weighted by Crippen LogP contribution is -2.68. The van der Waals surface area contributed by atoms with E-state index in [2.05, 4.69) is 10.6 Å². The molecular formula is C37H45N4O11P. The van der Waals surface area contributed by atoms with E-state index in [9.17, 15) is 34.7 Å². The molecule has 284 valence electrons. The number of carboxylic acid groups (broad SMARTS) is 2. The summed E-state index contributed by atoms with van der Waals surface area (Å²) in [4.78, 5) is 49.9. The number of benzene rings is 3. The topological polar surface area (TPSA) is 206 Å². The van der Waals surface area contributed by atoms with E-state index in [1.807, 2.05) is 38.4 Å². The second kappa shape index (κ2) is 19.7. The van der Waals surface area contributed by atoms with Crippen molar-refractivity contribution < 1.29 is 52.6 Å². The Labute approximate surface area is 309 Å². The van der Waals surface area contributed by atoms with Crippen LogP contribution in [-0.2, 0) is 38.6 Å². The average Bonchev–Trinajstić information content (AvgIpc) is 3.14. The van der Waals surface area contributed by atoms with Crippen molar-refractivity contribution in [2.45, 2.75) is 57.5 Å². The fraction of sp³-hybridized carbons (Fsp3) is 0.378. The summed E-state index contributed by atoms with van der Waals surface area (Å²) in [6.45, 7) is 6.05. The number of nitrogens with one attached hydrogen (secondary N) is 2. The highest BCUT2D eigenvalue weighted by atomic mass is 31.2. The molecule has 0 spiro atoms. The number of carbonyl (C=O) groups excluding carboxylic acids is 2. The number of aliphatic carboxylic acids is 2. The van der Waals surface area contributed by atoms with Gasteiger partial charge in [-0.25, -0.2) is 14.3 Å². The van der Waals surface area contributed by atoms with Crippen molar-refractivity contribution in [3.8, 4) is 17.6 Å². The quantitative estimate of drug-likeness (QED) is 0.0441. The van der Waals surface area contributed by atoms with Crippen LogP contribution >= 0.6 is 8.53 Å². The monoisotopic (exact) mass is 752 g/mol. The molecule has 0 heterocycles. The molecular weight excluding hydrogens is 707 g/mol. The lowest BCUT2D eigenvalue weighted by atomic mass is 9.80. The molecule has 0 saturated carbocycles. The first kappa shape index (κ1) is 42.3. The Morgan fingerprint density at radius 2 is 1.19 bits per heavy atom. The molecule has 1 unspecified atom stereocenters. The van der Waals surface area contributed by atoms with Gasteiger partial charge in [0.15, 0.2) is 5.66 Å². The van der Waals surface area contributed by atoms with Gasteiger partial charge in [0, 0.05) is 12.1 Å². The zero-order valence-electron chi connectivity index (χ0n) is 30.4. The molecule has 53 heavy (non-hydrogen) atoms. The van der Waals surface area contributed by atoms with E-state index >= 15 is 0 Å². The maximum absolute atomic E-state index is 13.0. The molecule has 0 aliphatic carbocycles. The molecule has 0 radical (unpaired) electrons. The first-order valence-electron chi connectivity index (χ1n) is 16.5. The summed E-state index contributed by atoms with van der Waals surface area (Å²) in [5, 5.41) is 33.1. The highest BCUT2D eigenvalue weighted by Gasteiger charge is 2.45. The summed E-state index contributed by atoms with van der Waals surface area (Å²) in [5.41, 5.74) is -2.21. The Morgan fingerprint density at radius 1 is 0.736 bits per heavy atom. The molecule has 4 N–H and O–H groups in total. The predicted molar refractivity (Wildman–Crippen MR) is 194 cm³/mol. The van der Waals surface area contributed by atoms with Crippen LogP contribution in [0, 0.1) is 11.3 Å². The number of methoxy groups -OCH3 is 2. The number of hydrogen-bond donors (Lipinski definition) is 4. The SMILES string of the molecule is COc1ccc(C(OCC(COP(OCCC#N)N(C(C)C)C(C)C)(NC(=O)C(=O)O)NC(=O)C(=O)O)(c2ccccc2)c2ccc(OC)cc2)cc1. The Balaban J connectivity index is 2.31. The number of hydrogen-bond acceptors (Lipinski definition) is 11. The van der Waals surface area contributed by atoms with Gasteiger partial charge in [0.25, 0.3) is 8.53 Å². The number of carbonyl (C=O) groups is 4. The maximum Gasteiger partial charge on any atom is 0.394 e. The van der Waals surface area contributed by atoms with Crippen molar-refractivity contribution >= 4 is 32.3 Å². The molecule has 3 aromatic rings. The predicted octanol–water partition coefficient (Wildman–Crippen LogP) is 4.40. The first-order chi connectivity index (χ1) is 25.2. The molecule has 2 amide bonds. The van der Waals surface area contributed by atoms with Crippen molar-refractivity contribution in [3.63, 3.8) is 0 Å². The molecule has 0 bridgehead atoms. The van der Waals surface area contributed by atoms with Crippen molar-refractivity contribution in [1.82, 2.24) is 15.3 Å². The fourth-order valence-corrected chi connectivity index (χ4v) is 7.22. The summed E-state index contributed by atoms with van der Waals surface area (Å²) < 4.78 is 31.8. The van der Waals surface area contributed by atoms with Crippen LogP contribution in [0.1, 0.15) is 50.8 Å². The number of carboxylic acids is 2. The minimum absolute atomic E-state index is 0.0231. The maximum atomic E-state index is 13.0. The molecule has 0 saturated heterocycles. The number of nitrogens with zero attached hydrogens (tertiary/aromatic N) is 2. The normalized spacial score (nSPS) is 12.2. The standard InChI is InChI=1S/C37H45N4O11P/c1-25(2)41(26(3)4)53(51-22-10-21-38)52-24-36(39-32(42)34(44)45,40-33(43)35(46)47)23-50-37(27-11-8-7-9-12-27,28-13-17-30(48-5)18-14-28)29-15-19-31(49-6)20-16-29/h7-9,11-20,25-26H,10,22-24H2,1-6H3,(H,39,42)(H,40,43)(H,44,45)(H,46,47). The Kier molecular flexibility index (Phi) is 15.7. The van der Waals surface area contributed by atoms with Gasteiger partial charge in [-0.3, -0.25) is 9.59 Å². The van der Waals surface area contributed by atoms with Crippen molar-refractivity contribution in [2.75, 3.05) is 34.0 Å². The van der Waals surface area contributed by atoms with Crippen LogP contribution < -0.4 is 20.1 Å². The van der Waals surface area contributed by atoms with Crippen LogP contribution in [0.5, 0.6) is 11.5 Å². The smallest absolute Gasteiger partial charge is 0.394 e. The van der Waals surface area contributed by atoms with Gasteiger partial charge in [0.2, 0.25) is 0 Å². The Morgan fingerprint density at radius 3 is 1.58 bits per heavy atom. The number of rotatable bonds is 19. The van der Waals surface area contributed by atoms with Crippen molar-refractivity contribution in [2.24, 2.45) is 0 Å². The van der Waals surface area contributed by atoms with E-state index in [1.54, 1.807) is 78.9 Å². The van der Waals surface area contributed by atoms with E-state index in [4.69, 9.17) is 23.3 Å². The third kappa shape index (κ3) is 11.0. The van der Waals surface area contributed by atoms with E-state index in [0.717, 1.165) is 0 Å². The second-order valence-electron chi connectivity index (χ2n) is 12.2. The van der Waals surface area contributed by atoms with Gasteiger partial charge < -0.3 is 44.1 Å². The number of nitriles is 1. The van der Waals surface area contributed by atoms with Gasteiger partial charge in [-0.05, 0) is 68.7 Å². The minimum Gasteiger partial charge on any atom is -0.497 e.